The predicted molar refractivity (Wildman–Crippen MR) is 111 cm³/mol. The van der Waals surface area contributed by atoms with E-state index in [0.29, 0.717) is 12.6 Å². The van der Waals surface area contributed by atoms with E-state index in [1.165, 1.54) is 0 Å². The fraction of sp³-hybridized carbons (Fsp3) is 0.333. The van der Waals surface area contributed by atoms with E-state index in [1.54, 1.807) is 14.2 Å². The van der Waals surface area contributed by atoms with Crippen molar-refractivity contribution in [3.8, 4) is 11.4 Å². The molecule has 0 amide bonds. The molecule has 0 saturated carbocycles. The van der Waals surface area contributed by atoms with Gasteiger partial charge in [0.25, 0.3) is 0 Å². The van der Waals surface area contributed by atoms with Gasteiger partial charge in [-0.2, -0.15) is 5.10 Å². The van der Waals surface area contributed by atoms with Crippen LogP contribution >= 0.6 is 24.0 Å². The molecule has 0 aliphatic heterocycles. The first-order valence-corrected chi connectivity index (χ1v) is 8.09. The van der Waals surface area contributed by atoms with Gasteiger partial charge in [-0.15, -0.1) is 24.0 Å². The molecular formula is C18H24IN5O. The van der Waals surface area contributed by atoms with Crippen molar-refractivity contribution in [2.75, 3.05) is 14.2 Å². The van der Waals surface area contributed by atoms with Crippen molar-refractivity contribution in [2.45, 2.75) is 25.4 Å². The third-order valence-corrected chi connectivity index (χ3v) is 3.99. The number of methoxy groups -OCH3 is 1. The van der Waals surface area contributed by atoms with Crippen LogP contribution in [0, 0.1) is 0 Å². The molecule has 1 aromatic carbocycles. The second-order valence-corrected chi connectivity index (χ2v) is 5.66. The zero-order valence-corrected chi connectivity index (χ0v) is 16.8. The average Bonchev–Trinajstić information content (AvgIpc) is 3.30. The highest BCUT2D eigenvalue weighted by atomic mass is 127. The van der Waals surface area contributed by atoms with Crippen molar-refractivity contribution in [1.29, 1.82) is 0 Å². The van der Waals surface area contributed by atoms with E-state index >= 15 is 0 Å². The summed E-state index contributed by atoms with van der Waals surface area (Å²) in [6, 6.07) is 10.3. The van der Waals surface area contributed by atoms with E-state index in [4.69, 9.17) is 4.74 Å². The van der Waals surface area contributed by atoms with Crippen molar-refractivity contribution in [3.63, 3.8) is 0 Å². The first-order valence-electron chi connectivity index (χ1n) is 8.09. The molecule has 0 spiro atoms. The highest BCUT2D eigenvalue weighted by molar-refractivity contribution is 14.0. The number of halogens is 1. The fourth-order valence-electron chi connectivity index (χ4n) is 2.63. The summed E-state index contributed by atoms with van der Waals surface area (Å²) in [6.07, 6.45) is 8.44. The van der Waals surface area contributed by atoms with Gasteiger partial charge in [-0.3, -0.25) is 4.99 Å². The number of ether oxygens (including phenoxy) is 1. The Hall–Kier alpha value is -2.03. The summed E-state index contributed by atoms with van der Waals surface area (Å²) in [5, 5.41) is 11.3. The monoisotopic (exact) mass is 453 g/mol. The number of hydrogen-bond acceptors (Lipinski definition) is 3. The minimum Gasteiger partial charge on any atom is -0.497 e. The molecule has 0 bridgehead atoms. The number of benzene rings is 1. The Labute approximate surface area is 165 Å². The average molecular weight is 453 g/mol. The quantitative estimate of drug-likeness (QED) is 0.317. The Morgan fingerprint density at radius 3 is 2.60 bits per heavy atom. The van der Waals surface area contributed by atoms with Crippen LogP contribution in [0.15, 0.2) is 53.7 Å². The summed E-state index contributed by atoms with van der Waals surface area (Å²) in [5.74, 6) is 1.65. The van der Waals surface area contributed by atoms with Crippen molar-refractivity contribution in [2.24, 2.45) is 4.99 Å². The van der Waals surface area contributed by atoms with E-state index < -0.39 is 0 Å². The van der Waals surface area contributed by atoms with Crippen LogP contribution in [0.5, 0.6) is 5.75 Å². The van der Waals surface area contributed by atoms with Gasteiger partial charge in [0.1, 0.15) is 5.75 Å². The molecule has 3 rings (SSSR count). The lowest BCUT2D eigenvalue weighted by atomic mass is 10.2. The number of hydrogen-bond donors (Lipinski definition) is 2. The summed E-state index contributed by atoms with van der Waals surface area (Å²) >= 11 is 0. The molecule has 0 atom stereocenters. The molecule has 2 aromatic rings. The first kappa shape index (κ1) is 19.3. The van der Waals surface area contributed by atoms with Gasteiger partial charge in [-0.25, -0.2) is 4.68 Å². The maximum atomic E-state index is 5.18. The van der Waals surface area contributed by atoms with Crippen molar-refractivity contribution in [3.05, 3.63) is 54.4 Å². The molecule has 134 valence electrons. The summed E-state index contributed by atoms with van der Waals surface area (Å²) in [7, 11) is 3.45. The number of nitrogens with zero attached hydrogens (tertiary/aromatic N) is 3. The summed E-state index contributed by atoms with van der Waals surface area (Å²) < 4.78 is 7.03. The van der Waals surface area contributed by atoms with Crippen LogP contribution in [0.4, 0.5) is 0 Å². The van der Waals surface area contributed by atoms with E-state index in [1.807, 2.05) is 41.2 Å². The lowest BCUT2D eigenvalue weighted by Crippen LogP contribution is -2.42. The third-order valence-electron chi connectivity index (χ3n) is 3.99. The zero-order chi connectivity index (χ0) is 16.8. The first-order chi connectivity index (χ1) is 11.8. The van der Waals surface area contributed by atoms with Gasteiger partial charge in [-0.1, -0.05) is 12.2 Å². The molecule has 2 N–H and O–H groups in total. The normalized spacial score (nSPS) is 14.2. The Kier molecular flexibility index (Phi) is 7.30. The van der Waals surface area contributed by atoms with Crippen LogP contribution in [-0.4, -0.2) is 35.9 Å². The highest BCUT2D eigenvalue weighted by Crippen LogP contribution is 2.14. The Morgan fingerprint density at radius 2 is 1.96 bits per heavy atom. The van der Waals surface area contributed by atoms with Crippen molar-refractivity contribution in [1.82, 2.24) is 20.4 Å². The summed E-state index contributed by atoms with van der Waals surface area (Å²) in [4.78, 5) is 4.27. The van der Waals surface area contributed by atoms with Crippen molar-refractivity contribution >= 4 is 29.9 Å². The van der Waals surface area contributed by atoms with Gasteiger partial charge in [-0.05, 0) is 43.2 Å². The second-order valence-electron chi connectivity index (χ2n) is 5.66. The minimum atomic E-state index is 0. The largest absolute Gasteiger partial charge is 0.497 e. The number of nitrogens with one attached hydrogen (secondary N) is 2. The van der Waals surface area contributed by atoms with Crippen LogP contribution in [0.25, 0.3) is 5.69 Å². The Bertz CT molecular complexity index is 715. The fourth-order valence-corrected chi connectivity index (χ4v) is 2.63. The van der Waals surface area contributed by atoms with E-state index in [9.17, 15) is 0 Å². The van der Waals surface area contributed by atoms with Gasteiger partial charge in [0, 0.05) is 19.3 Å². The summed E-state index contributed by atoms with van der Waals surface area (Å²) in [6.45, 7) is 0.628. The molecule has 7 heteroatoms. The van der Waals surface area contributed by atoms with E-state index in [-0.39, 0.29) is 24.0 Å². The number of rotatable bonds is 5. The molecule has 0 saturated heterocycles. The predicted octanol–water partition coefficient (Wildman–Crippen LogP) is 2.88. The SMILES string of the molecule is CN=C(NCc1ccn(-c2ccc(OC)cc2)n1)NC1CC=CC1.I. The molecule has 1 aromatic heterocycles. The van der Waals surface area contributed by atoms with Crippen LogP contribution in [0.2, 0.25) is 0 Å². The molecule has 0 unspecified atom stereocenters. The number of aliphatic imine (C=N–C) groups is 1. The standard InChI is InChI=1S/C18H23N5O.HI/c1-19-18(21-14-5-3-4-6-14)20-13-15-11-12-23(22-15)16-7-9-17(24-2)10-8-16;/h3-4,7-12,14H,5-6,13H2,1-2H3,(H2,19,20,21);1H. The van der Waals surface area contributed by atoms with Crippen LogP contribution in [-0.2, 0) is 6.54 Å². The lowest BCUT2D eigenvalue weighted by Gasteiger charge is -2.16. The topological polar surface area (TPSA) is 63.5 Å². The van der Waals surface area contributed by atoms with E-state index in [2.05, 4.69) is 32.9 Å². The van der Waals surface area contributed by atoms with Gasteiger partial charge < -0.3 is 15.4 Å². The molecule has 6 nitrogen and oxygen atoms in total. The van der Waals surface area contributed by atoms with Crippen LogP contribution in [0.1, 0.15) is 18.5 Å². The third kappa shape index (κ3) is 5.22. The molecule has 0 radical (unpaired) electrons. The smallest absolute Gasteiger partial charge is 0.191 e. The Morgan fingerprint density at radius 1 is 1.24 bits per heavy atom. The van der Waals surface area contributed by atoms with Gasteiger partial charge in [0.2, 0.25) is 0 Å². The maximum absolute atomic E-state index is 5.18. The molecule has 1 heterocycles. The van der Waals surface area contributed by atoms with Crippen molar-refractivity contribution < 1.29 is 4.74 Å². The molecule has 0 fully saturated rings. The number of guanidine groups is 1. The second kappa shape index (κ2) is 9.45. The highest BCUT2D eigenvalue weighted by Gasteiger charge is 2.11. The van der Waals surface area contributed by atoms with E-state index in [0.717, 1.165) is 35.9 Å². The maximum Gasteiger partial charge on any atom is 0.191 e. The zero-order valence-electron chi connectivity index (χ0n) is 14.5. The minimum absolute atomic E-state index is 0. The molecule has 25 heavy (non-hydrogen) atoms. The lowest BCUT2D eigenvalue weighted by molar-refractivity contribution is 0.414. The Balaban J connectivity index is 0.00000225. The van der Waals surface area contributed by atoms with Gasteiger partial charge in [0.15, 0.2) is 5.96 Å². The number of aromatic nitrogens is 2. The summed E-state index contributed by atoms with van der Waals surface area (Å²) in [5.41, 5.74) is 1.96. The van der Waals surface area contributed by atoms with Crippen LogP contribution in [0.3, 0.4) is 0 Å². The van der Waals surface area contributed by atoms with Crippen LogP contribution < -0.4 is 15.4 Å². The van der Waals surface area contributed by atoms with Gasteiger partial charge in [0.05, 0.1) is 25.0 Å². The van der Waals surface area contributed by atoms with Gasteiger partial charge >= 0.3 is 0 Å². The molecular weight excluding hydrogens is 429 g/mol. The molecule has 1 aliphatic rings. The molecule has 1 aliphatic carbocycles.